The summed E-state index contributed by atoms with van der Waals surface area (Å²) >= 11 is 5.04. The maximum atomic E-state index is 12.4. The Morgan fingerprint density at radius 2 is 2.06 bits per heavy atom. The van der Waals surface area contributed by atoms with Gasteiger partial charge in [0.25, 0.3) is 0 Å². The minimum absolute atomic E-state index is 0.241. The number of hydrogen-bond acceptors (Lipinski definition) is 2. The Morgan fingerprint density at radius 1 is 1.29 bits per heavy atom. The van der Waals surface area contributed by atoms with Gasteiger partial charge in [-0.2, -0.15) is 0 Å². The summed E-state index contributed by atoms with van der Waals surface area (Å²) < 4.78 is 1.08. The van der Waals surface area contributed by atoms with Gasteiger partial charge in [0.1, 0.15) is 0 Å². The lowest BCUT2D eigenvalue weighted by molar-refractivity contribution is 0.103. The van der Waals surface area contributed by atoms with Gasteiger partial charge >= 0.3 is 0 Å². The van der Waals surface area contributed by atoms with Gasteiger partial charge in [-0.1, -0.05) is 18.9 Å². The van der Waals surface area contributed by atoms with Gasteiger partial charge in [-0.3, -0.25) is 4.79 Å². The molecule has 2 rings (SSSR count). The van der Waals surface area contributed by atoms with Gasteiger partial charge in [-0.15, -0.1) is 11.3 Å². The van der Waals surface area contributed by atoms with Crippen molar-refractivity contribution in [2.24, 2.45) is 0 Å². The molecule has 0 saturated heterocycles. The van der Waals surface area contributed by atoms with Crippen molar-refractivity contribution in [2.45, 2.75) is 45.4 Å². The first-order valence-electron chi connectivity index (χ1n) is 6.18. The topological polar surface area (TPSA) is 17.1 Å². The van der Waals surface area contributed by atoms with Crippen molar-refractivity contribution in [3.8, 4) is 0 Å². The summed E-state index contributed by atoms with van der Waals surface area (Å²) in [5, 5.41) is 0. The molecule has 0 amide bonds. The summed E-state index contributed by atoms with van der Waals surface area (Å²) in [5.74, 6) is 0.241. The Bertz CT molecular complexity index is 426. The Kier molecular flexibility index (Phi) is 4.57. The molecule has 0 spiro atoms. The Morgan fingerprint density at radius 3 is 2.76 bits per heavy atom. The highest BCUT2D eigenvalue weighted by Gasteiger charge is 2.16. The molecule has 92 valence electrons. The highest BCUT2D eigenvalue weighted by Crippen LogP contribution is 2.30. The van der Waals surface area contributed by atoms with Crippen LogP contribution >= 0.6 is 27.3 Å². The molecule has 1 aliphatic carbocycles. The van der Waals surface area contributed by atoms with E-state index in [4.69, 9.17) is 0 Å². The lowest BCUT2D eigenvalue weighted by Gasteiger charge is -2.09. The van der Waals surface area contributed by atoms with Crippen LogP contribution in [0.4, 0.5) is 0 Å². The molecule has 0 unspecified atom stereocenters. The number of allylic oxidation sites excluding steroid dienone is 2. The highest BCUT2D eigenvalue weighted by atomic mass is 79.9. The number of halogens is 1. The van der Waals surface area contributed by atoms with E-state index in [0.29, 0.717) is 0 Å². The molecular formula is C14H17BrOS. The number of carbonyl (C=O) groups is 1. The highest BCUT2D eigenvalue weighted by molar-refractivity contribution is 9.11. The second-order valence-electron chi connectivity index (χ2n) is 4.58. The molecule has 0 radical (unpaired) electrons. The predicted molar refractivity (Wildman–Crippen MR) is 76.9 cm³/mol. The van der Waals surface area contributed by atoms with Gasteiger partial charge in [0.2, 0.25) is 0 Å². The summed E-state index contributed by atoms with van der Waals surface area (Å²) in [6.07, 6.45) is 9.12. The lowest BCUT2D eigenvalue weighted by atomic mass is 9.96. The first-order chi connectivity index (χ1) is 8.18. The molecule has 0 fully saturated rings. The minimum Gasteiger partial charge on any atom is -0.288 e. The van der Waals surface area contributed by atoms with Gasteiger partial charge in [0.05, 0.1) is 8.66 Å². The van der Waals surface area contributed by atoms with Crippen LogP contribution < -0.4 is 0 Å². The molecule has 1 heterocycles. The van der Waals surface area contributed by atoms with Crippen molar-refractivity contribution < 1.29 is 4.79 Å². The number of rotatable bonds is 2. The van der Waals surface area contributed by atoms with Crippen molar-refractivity contribution in [2.75, 3.05) is 0 Å². The Balaban J connectivity index is 2.17. The van der Waals surface area contributed by atoms with Gasteiger partial charge in [-0.05, 0) is 65.7 Å². The maximum absolute atomic E-state index is 12.4. The standard InChI is InChI=1S/C14H17BrOS/c1-10-9-12(17-14(10)15)13(16)11-7-5-3-2-4-6-8-11/h7,9H,2-6,8H2,1H3/b11-7+. The molecule has 1 aliphatic rings. The molecule has 0 atom stereocenters. The Hall–Kier alpha value is -0.410. The van der Waals surface area contributed by atoms with E-state index < -0.39 is 0 Å². The van der Waals surface area contributed by atoms with E-state index in [1.54, 1.807) is 11.3 Å². The fourth-order valence-corrected chi connectivity index (χ4v) is 3.64. The molecule has 17 heavy (non-hydrogen) atoms. The van der Waals surface area contributed by atoms with E-state index in [0.717, 1.165) is 39.1 Å². The maximum Gasteiger partial charge on any atom is 0.198 e. The van der Waals surface area contributed by atoms with E-state index in [1.165, 1.54) is 19.3 Å². The molecule has 0 aromatic carbocycles. The number of carbonyl (C=O) groups excluding carboxylic acids is 1. The molecule has 1 nitrogen and oxygen atoms in total. The van der Waals surface area contributed by atoms with E-state index in [9.17, 15) is 4.79 Å². The van der Waals surface area contributed by atoms with Crippen LogP contribution in [0.5, 0.6) is 0 Å². The average Bonchev–Trinajstić information content (AvgIpc) is 2.58. The van der Waals surface area contributed by atoms with Crippen molar-refractivity contribution in [3.05, 3.63) is 31.9 Å². The summed E-state index contributed by atoms with van der Waals surface area (Å²) in [5.41, 5.74) is 2.18. The number of thiophene rings is 1. The average molecular weight is 313 g/mol. The van der Waals surface area contributed by atoms with Gasteiger partial charge in [-0.25, -0.2) is 0 Å². The van der Waals surface area contributed by atoms with E-state index in [2.05, 4.69) is 22.0 Å². The zero-order valence-corrected chi connectivity index (χ0v) is 12.5. The first-order valence-corrected chi connectivity index (χ1v) is 7.79. The molecule has 1 aromatic rings. The van der Waals surface area contributed by atoms with Crippen LogP contribution in [0.1, 0.15) is 53.8 Å². The van der Waals surface area contributed by atoms with Crippen LogP contribution in [-0.4, -0.2) is 5.78 Å². The zero-order valence-electron chi connectivity index (χ0n) is 10.1. The van der Waals surface area contributed by atoms with Crippen LogP contribution in [0.25, 0.3) is 0 Å². The fraction of sp³-hybridized carbons (Fsp3) is 0.500. The summed E-state index contributed by atoms with van der Waals surface area (Å²) in [4.78, 5) is 13.2. The fourth-order valence-electron chi connectivity index (χ4n) is 2.13. The Labute approximate surface area is 115 Å². The van der Waals surface area contributed by atoms with E-state index >= 15 is 0 Å². The second-order valence-corrected chi connectivity index (χ2v) is 6.95. The quantitative estimate of drug-likeness (QED) is 0.679. The van der Waals surface area contributed by atoms with Crippen LogP contribution in [0.3, 0.4) is 0 Å². The third kappa shape index (κ3) is 3.29. The minimum atomic E-state index is 0.241. The number of hydrogen-bond donors (Lipinski definition) is 0. The monoisotopic (exact) mass is 312 g/mol. The summed E-state index contributed by atoms with van der Waals surface area (Å²) in [6, 6.07) is 2.00. The molecule has 3 heteroatoms. The SMILES string of the molecule is Cc1cc(C(=O)/C2=C/CCCCCC2)sc1Br. The normalized spacial score (nSPS) is 20.2. The van der Waals surface area contributed by atoms with E-state index in [1.807, 2.05) is 13.0 Å². The van der Waals surface area contributed by atoms with Crippen molar-refractivity contribution in [3.63, 3.8) is 0 Å². The smallest absolute Gasteiger partial charge is 0.198 e. The lowest BCUT2D eigenvalue weighted by Crippen LogP contribution is -2.03. The van der Waals surface area contributed by atoms with Gasteiger partial charge in [0.15, 0.2) is 5.78 Å². The second kappa shape index (κ2) is 5.96. The van der Waals surface area contributed by atoms with Crippen molar-refractivity contribution >= 4 is 33.0 Å². The molecule has 0 bridgehead atoms. The van der Waals surface area contributed by atoms with Crippen LogP contribution in [0, 0.1) is 6.92 Å². The van der Waals surface area contributed by atoms with Crippen LogP contribution in [0.2, 0.25) is 0 Å². The summed E-state index contributed by atoms with van der Waals surface area (Å²) in [6.45, 7) is 2.03. The molecule has 1 aromatic heterocycles. The van der Waals surface area contributed by atoms with Gasteiger partial charge < -0.3 is 0 Å². The third-order valence-electron chi connectivity index (χ3n) is 3.16. The molecular weight excluding hydrogens is 296 g/mol. The number of aryl methyl sites for hydroxylation is 1. The van der Waals surface area contributed by atoms with Crippen molar-refractivity contribution in [1.82, 2.24) is 0 Å². The van der Waals surface area contributed by atoms with E-state index in [-0.39, 0.29) is 5.78 Å². The molecule has 0 saturated carbocycles. The largest absolute Gasteiger partial charge is 0.288 e. The van der Waals surface area contributed by atoms with Crippen LogP contribution in [-0.2, 0) is 0 Å². The molecule has 0 N–H and O–H groups in total. The first kappa shape index (κ1) is 13.0. The number of ketones is 1. The molecule has 0 aliphatic heterocycles. The van der Waals surface area contributed by atoms with Crippen molar-refractivity contribution in [1.29, 1.82) is 0 Å². The predicted octanol–water partition coefficient (Wildman–Crippen LogP) is 5.28. The third-order valence-corrected chi connectivity index (χ3v) is 5.30. The number of Topliss-reactive ketones (excluding diaryl/α,β-unsaturated/α-hetero) is 1. The van der Waals surface area contributed by atoms with Gasteiger partial charge in [0, 0.05) is 0 Å². The zero-order chi connectivity index (χ0) is 12.3. The van der Waals surface area contributed by atoms with Crippen LogP contribution in [0.15, 0.2) is 21.5 Å². The summed E-state index contributed by atoms with van der Waals surface area (Å²) in [7, 11) is 0.